The van der Waals surface area contributed by atoms with Gasteiger partial charge in [-0.05, 0) is 37.0 Å². The largest absolute Gasteiger partial charge is 0.400 e. The van der Waals surface area contributed by atoms with E-state index in [1.807, 2.05) is 0 Å². The van der Waals surface area contributed by atoms with Crippen molar-refractivity contribution in [3.05, 3.63) is 35.4 Å². The van der Waals surface area contributed by atoms with E-state index in [4.69, 9.17) is 16.2 Å². The lowest BCUT2D eigenvalue weighted by atomic mass is 9.83. The summed E-state index contributed by atoms with van der Waals surface area (Å²) in [5.41, 5.74) is 9.43. The molecular formula is C17H19ClN2O4S. The van der Waals surface area contributed by atoms with E-state index in [1.54, 1.807) is 12.1 Å². The summed E-state index contributed by atoms with van der Waals surface area (Å²) >= 11 is 0. The topological polar surface area (TPSA) is 105 Å². The van der Waals surface area contributed by atoms with Gasteiger partial charge in [0.15, 0.2) is 0 Å². The predicted molar refractivity (Wildman–Crippen MR) is 93.0 cm³/mol. The van der Waals surface area contributed by atoms with E-state index in [1.165, 1.54) is 12.1 Å². The van der Waals surface area contributed by atoms with Crippen LogP contribution in [0.3, 0.4) is 0 Å². The highest BCUT2D eigenvalue weighted by Gasteiger charge is 2.35. The third-order valence-electron chi connectivity index (χ3n) is 4.42. The maximum atomic E-state index is 12.3. The second kappa shape index (κ2) is 8.52. The fourth-order valence-electron chi connectivity index (χ4n) is 3.00. The molecule has 0 unspecified atom stereocenters. The summed E-state index contributed by atoms with van der Waals surface area (Å²) in [6, 6.07) is 5.83. The standard InChI is InChI=1S/C17H19ClN2O4S/c18-25(23,24)14-9-6-12(7-10-14)8-11-15(21)16(20-19)17(22)13-4-2-1-3-5-13/h6-7,9-10,13H,1-5,8,11H2. The van der Waals surface area contributed by atoms with Crippen molar-refractivity contribution in [2.75, 3.05) is 0 Å². The summed E-state index contributed by atoms with van der Waals surface area (Å²) < 4.78 is 22.4. The molecule has 0 aromatic heterocycles. The molecule has 1 aromatic carbocycles. The predicted octanol–water partition coefficient (Wildman–Crippen LogP) is 2.94. The number of benzene rings is 1. The molecule has 0 heterocycles. The zero-order valence-electron chi connectivity index (χ0n) is 13.7. The fourth-order valence-corrected chi connectivity index (χ4v) is 3.77. The molecule has 0 amide bonds. The Balaban J connectivity index is 1.98. The number of halogens is 1. The molecule has 0 radical (unpaired) electrons. The van der Waals surface area contributed by atoms with Gasteiger partial charge in [0, 0.05) is 23.0 Å². The molecule has 0 atom stereocenters. The number of nitrogens with zero attached hydrogens (tertiary/aromatic N) is 2. The summed E-state index contributed by atoms with van der Waals surface area (Å²) in [6.07, 6.45) is 4.72. The summed E-state index contributed by atoms with van der Waals surface area (Å²) in [4.78, 5) is 27.5. The van der Waals surface area contributed by atoms with Crippen molar-refractivity contribution in [1.82, 2.24) is 0 Å². The zero-order chi connectivity index (χ0) is 18.4. The van der Waals surface area contributed by atoms with Gasteiger partial charge in [0.1, 0.15) is 0 Å². The van der Waals surface area contributed by atoms with Crippen LogP contribution >= 0.6 is 10.7 Å². The van der Waals surface area contributed by atoms with Crippen LogP contribution in [0.1, 0.15) is 44.1 Å². The Bertz CT molecular complexity index is 806. The minimum absolute atomic E-state index is 0.00479. The molecule has 0 bridgehead atoms. The van der Waals surface area contributed by atoms with Gasteiger partial charge in [-0.2, -0.15) is 4.79 Å². The van der Waals surface area contributed by atoms with Gasteiger partial charge in [0.25, 0.3) is 14.8 Å². The van der Waals surface area contributed by atoms with Crippen molar-refractivity contribution in [2.24, 2.45) is 5.92 Å². The molecule has 25 heavy (non-hydrogen) atoms. The first-order valence-electron chi connectivity index (χ1n) is 8.16. The third kappa shape index (κ3) is 5.33. The number of hydrogen-bond acceptors (Lipinski definition) is 4. The Kier molecular flexibility index (Phi) is 6.64. The van der Waals surface area contributed by atoms with Crippen LogP contribution in [0.2, 0.25) is 0 Å². The van der Waals surface area contributed by atoms with Crippen molar-refractivity contribution in [2.45, 2.75) is 49.8 Å². The van der Waals surface area contributed by atoms with E-state index >= 15 is 0 Å². The number of hydrogen-bond donors (Lipinski definition) is 0. The zero-order valence-corrected chi connectivity index (χ0v) is 15.2. The lowest BCUT2D eigenvalue weighted by Crippen LogP contribution is -2.32. The van der Waals surface area contributed by atoms with Gasteiger partial charge >= 0.3 is 5.71 Å². The van der Waals surface area contributed by atoms with Crippen LogP contribution in [0.15, 0.2) is 29.2 Å². The lowest BCUT2D eigenvalue weighted by molar-refractivity contribution is -0.126. The average molecular weight is 383 g/mol. The Hall–Kier alpha value is -1.82. The molecular weight excluding hydrogens is 364 g/mol. The smallest absolute Gasteiger partial charge is 0.360 e. The first-order valence-corrected chi connectivity index (χ1v) is 10.5. The summed E-state index contributed by atoms with van der Waals surface area (Å²) in [6.45, 7) is 0. The molecule has 6 nitrogen and oxygen atoms in total. The van der Waals surface area contributed by atoms with Crippen molar-refractivity contribution in [3.63, 3.8) is 0 Å². The van der Waals surface area contributed by atoms with Crippen LogP contribution in [0.25, 0.3) is 5.53 Å². The fraction of sp³-hybridized carbons (Fsp3) is 0.471. The van der Waals surface area contributed by atoms with Gasteiger partial charge < -0.3 is 5.53 Å². The first kappa shape index (κ1) is 19.5. The molecule has 1 fully saturated rings. The number of rotatable bonds is 7. The number of ketones is 2. The minimum atomic E-state index is -3.78. The van der Waals surface area contributed by atoms with Gasteiger partial charge in [0.2, 0.25) is 5.78 Å². The Labute approximate surface area is 151 Å². The molecule has 134 valence electrons. The highest BCUT2D eigenvalue weighted by Crippen LogP contribution is 2.25. The second-order valence-electron chi connectivity index (χ2n) is 6.15. The van der Waals surface area contributed by atoms with Gasteiger partial charge in [-0.15, -0.1) is 0 Å². The Morgan fingerprint density at radius 1 is 1.12 bits per heavy atom. The highest BCUT2D eigenvalue weighted by atomic mass is 35.7. The Morgan fingerprint density at radius 3 is 2.24 bits per heavy atom. The SMILES string of the molecule is [N-]=[N+]=C(C(=O)CCc1ccc(S(=O)(=O)Cl)cc1)C(=O)C1CCCCC1. The van der Waals surface area contributed by atoms with E-state index in [-0.39, 0.29) is 28.7 Å². The number of Topliss-reactive ketones (excluding diaryl/α,β-unsaturated/α-hetero) is 2. The summed E-state index contributed by atoms with van der Waals surface area (Å²) in [7, 11) is 1.46. The maximum Gasteiger partial charge on any atom is 0.400 e. The van der Waals surface area contributed by atoms with E-state index in [0.717, 1.165) is 37.7 Å². The number of aryl methyl sites for hydroxylation is 1. The quantitative estimate of drug-likeness (QED) is 0.237. The van der Waals surface area contributed by atoms with Crippen LogP contribution < -0.4 is 0 Å². The normalized spacial score (nSPS) is 15.4. The van der Waals surface area contributed by atoms with Crippen LogP contribution in [0, 0.1) is 5.92 Å². The molecule has 1 saturated carbocycles. The van der Waals surface area contributed by atoms with Gasteiger partial charge in [-0.1, -0.05) is 31.4 Å². The molecule has 2 rings (SSSR count). The molecule has 0 saturated heterocycles. The minimum Gasteiger partial charge on any atom is -0.360 e. The van der Waals surface area contributed by atoms with Crippen LogP contribution in [0.5, 0.6) is 0 Å². The summed E-state index contributed by atoms with van der Waals surface area (Å²) in [5.74, 6) is -1.13. The third-order valence-corrected chi connectivity index (χ3v) is 5.79. The van der Waals surface area contributed by atoms with Gasteiger partial charge in [0.05, 0.1) is 4.90 Å². The maximum absolute atomic E-state index is 12.3. The second-order valence-corrected chi connectivity index (χ2v) is 8.72. The van der Waals surface area contributed by atoms with E-state index in [2.05, 4.69) is 4.79 Å². The molecule has 1 aliphatic rings. The van der Waals surface area contributed by atoms with E-state index in [9.17, 15) is 18.0 Å². The van der Waals surface area contributed by atoms with Crippen LogP contribution in [-0.2, 0) is 25.1 Å². The van der Waals surface area contributed by atoms with E-state index in [0.29, 0.717) is 6.42 Å². The molecule has 8 heteroatoms. The monoisotopic (exact) mass is 382 g/mol. The lowest BCUT2D eigenvalue weighted by Gasteiger charge is -2.17. The molecule has 1 aliphatic carbocycles. The van der Waals surface area contributed by atoms with Crippen molar-refractivity contribution in [1.29, 1.82) is 0 Å². The first-order chi connectivity index (χ1) is 11.8. The molecule has 1 aromatic rings. The summed E-state index contributed by atoms with van der Waals surface area (Å²) in [5, 5.41) is 0. The number of carbonyl (C=O) groups excluding carboxylic acids is 2. The van der Waals surface area contributed by atoms with Crippen LogP contribution in [0.4, 0.5) is 0 Å². The highest BCUT2D eigenvalue weighted by molar-refractivity contribution is 8.13. The Morgan fingerprint density at radius 2 is 1.72 bits per heavy atom. The van der Waals surface area contributed by atoms with Gasteiger partial charge in [-0.25, -0.2) is 8.42 Å². The van der Waals surface area contributed by atoms with Crippen molar-refractivity contribution < 1.29 is 22.8 Å². The molecule has 0 spiro atoms. The number of carbonyl (C=O) groups is 2. The average Bonchev–Trinajstić information content (AvgIpc) is 2.61. The van der Waals surface area contributed by atoms with Crippen molar-refractivity contribution in [3.8, 4) is 0 Å². The van der Waals surface area contributed by atoms with Crippen LogP contribution in [-0.4, -0.2) is 30.5 Å². The van der Waals surface area contributed by atoms with Gasteiger partial charge in [-0.3, -0.25) is 9.59 Å². The van der Waals surface area contributed by atoms with E-state index < -0.39 is 14.8 Å². The molecule has 0 N–H and O–H groups in total. The van der Waals surface area contributed by atoms with Crippen molar-refractivity contribution >= 4 is 37.0 Å². The molecule has 0 aliphatic heterocycles.